The van der Waals surface area contributed by atoms with Gasteiger partial charge in [0, 0.05) is 11.1 Å². The molecule has 188 valence electrons. The van der Waals surface area contributed by atoms with E-state index in [0.717, 1.165) is 54.1 Å². The van der Waals surface area contributed by atoms with Crippen LogP contribution in [0.5, 0.6) is 11.5 Å². The molecular formula is C31H52O2. The summed E-state index contributed by atoms with van der Waals surface area (Å²) < 4.78 is 12.4. The Balaban J connectivity index is 1.81. The minimum absolute atomic E-state index is 0.0676. The van der Waals surface area contributed by atoms with E-state index in [1.165, 1.54) is 68.1 Å². The molecule has 0 amide bonds. The smallest absolute Gasteiger partial charge is 0.129 e. The Labute approximate surface area is 205 Å². The van der Waals surface area contributed by atoms with Crippen LogP contribution in [0.15, 0.2) is 6.58 Å². The van der Waals surface area contributed by atoms with Crippen LogP contribution in [0.1, 0.15) is 121 Å². The van der Waals surface area contributed by atoms with Crippen molar-refractivity contribution in [2.45, 2.75) is 125 Å². The van der Waals surface area contributed by atoms with Gasteiger partial charge in [0.2, 0.25) is 0 Å². The van der Waals surface area contributed by atoms with Crippen LogP contribution in [-0.2, 0) is 6.42 Å². The first kappa shape index (κ1) is 27.8. The third kappa shape index (κ3) is 7.79. The predicted octanol–water partition coefficient (Wildman–Crippen LogP) is 9.48. The molecule has 33 heavy (non-hydrogen) atoms. The van der Waals surface area contributed by atoms with Crippen LogP contribution in [-0.4, -0.2) is 12.7 Å². The third-order valence-electron chi connectivity index (χ3n) is 8.02. The SMILES string of the molecule is C=Cc1c2c(c(C)c(C)c1OC)OC(C)(CCCC(C)CCCC(C)CCCC(C)C)CC2. The van der Waals surface area contributed by atoms with Gasteiger partial charge < -0.3 is 9.47 Å². The van der Waals surface area contributed by atoms with Gasteiger partial charge in [0.1, 0.15) is 17.1 Å². The summed E-state index contributed by atoms with van der Waals surface area (Å²) in [6.07, 6.45) is 16.1. The van der Waals surface area contributed by atoms with Crippen LogP contribution < -0.4 is 9.47 Å². The minimum Gasteiger partial charge on any atom is -0.496 e. The second-order valence-corrected chi connectivity index (χ2v) is 11.6. The Morgan fingerprint density at radius 1 is 0.939 bits per heavy atom. The minimum atomic E-state index is -0.0676. The lowest BCUT2D eigenvalue weighted by Crippen LogP contribution is -2.37. The normalized spacial score (nSPS) is 19.7. The molecule has 0 aliphatic carbocycles. The number of hydrogen-bond acceptors (Lipinski definition) is 2. The summed E-state index contributed by atoms with van der Waals surface area (Å²) in [6.45, 7) is 20.2. The molecule has 3 atom stereocenters. The molecule has 0 saturated heterocycles. The number of methoxy groups -OCH3 is 1. The fourth-order valence-corrected chi connectivity index (χ4v) is 5.56. The molecule has 0 radical (unpaired) electrons. The topological polar surface area (TPSA) is 18.5 Å². The van der Waals surface area contributed by atoms with Crippen LogP contribution in [0.4, 0.5) is 0 Å². The van der Waals surface area contributed by atoms with Crippen molar-refractivity contribution in [3.8, 4) is 11.5 Å². The van der Waals surface area contributed by atoms with Crippen molar-refractivity contribution in [3.05, 3.63) is 28.8 Å². The lowest BCUT2D eigenvalue weighted by molar-refractivity contribution is 0.0513. The van der Waals surface area contributed by atoms with E-state index >= 15 is 0 Å². The van der Waals surface area contributed by atoms with Crippen LogP contribution in [0.2, 0.25) is 0 Å². The highest BCUT2D eigenvalue weighted by Gasteiger charge is 2.34. The lowest BCUT2D eigenvalue weighted by atomic mass is 9.83. The van der Waals surface area contributed by atoms with E-state index in [0.29, 0.717) is 0 Å². The van der Waals surface area contributed by atoms with E-state index in [1.807, 2.05) is 6.08 Å². The van der Waals surface area contributed by atoms with Crippen LogP contribution >= 0.6 is 0 Å². The number of ether oxygens (including phenoxy) is 2. The summed E-state index contributed by atoms with van der Waals surface area (Å²) in [7, 11) is 1.75. The van der Waals surface area contributed by atoms with E-state index in [2.05, 4.69) is 55.0 Å². The monoisotopic (exact) mass is 456 g/mol. The Bertz CT molecular complexity index is 763. The maximum Gasteiger partial charge on any atom is 0.129 e. The standard InChI is InChI=1S/C31H52O2/c1-10-27-28-19-21-31(8,33-30(28)26(7)25(6)29(27)32-9)20-13-18-24(5)17-12-16-23(4)15-11-14-22(2)3/h10,22-24H,1,11-21H2,2-9H3. The first-order valence-electron chi connectivity index (χ1n) is 13.6. The molecule has 0 N–H and O–H groups in total. The summed E-state index contributed by atoms with van der Waals surface area (Å²) >= 11 is 0. The second-order valence-electron chi connectivity index (χ2n) is 11.6. The molecule has 0 saturated carbocycles. The number of benzene rings is 1. The Hall–Kier alpha value is -1.44. The van der Waals surface area contributed by atoms with Gasteiger partial charge in [-0.2, -0.15) is 0 Å². The Morgan fingerprint density at radius 3 is 2.06 bits per heavy atom. The van der Waals surface area contributed by atoms with Gasteiger partial charge in [-0.3, -0.25) is 0 Å². The summed E-state index contributed by atoms with van der Waals surface area (Å²) in [5, 5.41) is 0. The van der Waals surface area contributed by atoms with Gasteiger partial charge in [-0.05, 0) is 75.3 Å². The molecule has 0 fully saturated rings. The second kappa shape index (κ2) is 12.9. The predicted molar refractivity (Wildman–Crippen MR) is 145 cm³/mol. The number of rotatable bonds is 14. The van der Waals surface area contributed by atoms with Gasteiger partial charge in [0.15, 0.2) is 0 Å². The van der Waals surface area contributed by atoms with Gasteiger partial charge >= 0.3 is 0 Å². The largest absolute Gasteiger partial charge is 0.496 e. The molecule has 3 unspecified atom stereocenters. The molecule has 1 aromatic carbocycles. The first-order valence-corrected chi connectivity index (χ1v) is 13.6. The molecule has 1 aromatic rings. The van der Waals surface area contributed by atoms with E-state index in [-0.39, 0.29) is 5.60 Å². The number of fused-ring (bicyclic) bond motifs is 1. The van der Waals surface area contributed by atoms with Gasteiger partial charge in [-0.1, -0.05) is 85.3 Å². The maximum absolute atomic E-state index is 6.72. The zero-order valence-electron chi connectivity index (χ0n) is 23.1. The molecule has 2 heteroatoms. The summed E-state index contributed by atoms with van der Waals surface area (Å²) in [6, 6.07) is 0. The fourth-order valence-electron chi connectivity index (χ4n) is 5.56. The molecule has 2 nitrogen and oxygen atoms in total. The lowest BCUT2D eigenvalue weighted by Gasteiger charge is -2.38. The van der Waals surface area contributed by atoms with Crippen molar-refractivity contribution >= 4 is 6.08 Å². The van der Waals surface area contributed by atoms with Crippen molar-refractivity contribution in [2.75, 3.05) is 7.11 Å². The highest BCUT2D eigenvalue weighted by atomic mass is 16.5. The average molecular weight is 457 g/mol. The first-order chi connectivity index (χ1) is 15.6. The van der Waals surface area contributed by atoms with Gasteiger partial charge in [0.05, 0.1) is 7.11 Å². The van der Waals surface area contributed by atoms with Gasteiger partial charge in [-0.25, -0.2) is 0 Å². The molecule has 0 bridgehead atoms. The van der Waals surface area contributed by atoms with Crippen molar-refractivity contribution in [3.63, 3.8) is 0 Å². The zero-order valence-corrected chi connectivity index (χ0v) is 23.1. The van der Waals surface area contributed by atoms with Crippen molar-refractivity contribution in [1.29, 1.82) is 0 Å². The van der Waals surface area contributed by atoms with Gasteiger partial charge in [0.25, 0.3) is 0 Å². The third-order valence-corrected chi connectivity index (χ3v) is 8.02. The summed E-state index contributed by atoms with van der Waals surface area (Å²) in [5.41, 5.74) is 4.71. The molecular weight excluding hydrogens is 404 g/mol. The Kier molecular flexibility index (Phi) is 10.8. The van der Waals surface area contributed by atoms with E-state index in [9.17, 15) is 0 Å². The summed E-state index contributed by atoms with van der Waals surface area (Å²) in [5.74, 6) is 4.58. The van der Waals surface area contributed by atoms with E-state index < -0.39 is 0 Å². The van der Waals surface area contributed by atoms with Crippen LogP contribution in [0.3, 0.4) is 0 Å². The van der Waals surface area contributed by atoms with Crippen molar-refractivity contribution in [1.82, 2.24) is 0 Å². The van der Waals surface area contributed by atoms with Crippen LogP contribution in [0.25, 0.3) is 6.08 Å². The molecule has 1 aliphatic rings. The number of hydrogen-bond donors (Lipinski definition) is 0. The fraction of sp³-hybridized carbons (Fsp3) is 0.742. The van der Waals surface area contributed by atoms with Crippen LogP contribution in [0, 0.1) is 31.6 Å². The Morgan fingerprint density at radius 2 is 1.52 bits per heavy atom. The molecule has 1 heterocycles. The average Bonchev–Trinajstić information content (AvgIpc) is 2.76. The van der Waals surface area contributed by atoms with E-state index in [4.69, 9.17) is 9.47 Å². The highest BCUT2D eigenvalue weighted by Crippen LogP contribution is 2.45. The zero-order chi connectivity index (χ0) is 24.6. The highest BCUT2D eigenvalue weighted by molar-refractivity contribution is 5.69. The van der Waals surface area contributed by atoms with E-state index in [1.54, 1.807) is 7.11 Å². The molecule has 0 spiro atoms. The molecule has 2 rings (SSSR count). The maximum atomic E-state index is 6.72. The van der Waals surface area contributed by atoms with Gasteiger partial charge in [-0.15, -0.1) is 0 Å². The molecule has 0 aromatic heterocycles. The quantitative estimate of drug-likeness (QED) is 0.277. The summed E-state index contributed by atoms with van der Waals surface area (Å²) in [4.78, 5) is 0. The van der Waals surface area contributed by atoms with Crippen molar-refractivity contribution < 1.29 is 9.47 Å². The molecule has 1 aliphatic heterocycles. The van der Waals surface area contributed by atoms with Crippen molar-refractivity contribution in [2.24, 2.45) is 17.8 Å².